The highest BCUT2D eigenvalue weighted by atomic mass is 16.5. The van der Waals surface area contributed by atoms with Gasteiger partial charge in [0.15, 0.2) is 0 Å². The molecular formula is C15H26N4O. The molecular weight excluding hydrogens is 252 g/mol. The van der Waals surface area contributed by atoms with Gasteiger partial charge < -0.3 is 10.1 Å². The first-order valence-corrected chi connectivity index (χ1v) is 7.83. The molecule has 112 valence electrons. The maximum atomic E-state index is 6.15. The molecule has 2 saturated heterocycles. The quantitative estimate of drug-likeness (QED) is 0.865. The zero-order chi connectivity index (χ0) is 13.9. The molecule has 0 saturated carbocycles. The minimum Gasteiger partial charge on any atom is -0.374 e. The second kappa shape index (κ2) is 6.24. The molecule has 1 N–H and O–H groups in total. The molecule has 3 rings (SSSR count). The number of rotatable bonds is 5. The Hall–Kier alpha value is -0.910. The number of nitrogens with one attached hydrogen (secondary N) is 1. The summed E-state index contributed by atoms with van der Waals surface area (Å²) in [5.74, 6) is 0. The van der Waals surface area contributed by atoms with Gasteiger partial charge in [0, 0.05) is 31.9 Å². The molecule has 0 aliphatic carbocycles. The van der Waals surface area contributed by atoms with Crippen molar-refractivity contribution in [1.29, 1.82) is 0 Å². The van der Waals surface area contributed by atoms with Crippen LogP contribution in [-0.2, 0) is 18.2 Å². The van der Waals surface area contributed by atoms with Crippen molar-refractivity contribution in [3.63, 3.8) is 0 Å². The van der Waals surface area contributed by atoms with Gasteiger partial charge in [-0.3, -0.25) is 9.58 Å². The van der Waals surface area contributed by atoms with Crippen molar-refractivity contribution in [3.8, 4) is 0 Å². The summed E-state index contributed by atoms with van der Waals surface area (Å²) >= 11 is 0. The molecule has 0 radical (unpaired) electrons. The molecule has 0 amide bonds. The Balaban J connectivity index is 1.63. The van der Waals surface area contributed by atoms with Crippen LogP contribution in [0.15, 0.2) is 12.4 Å². The molecule has 2 aliphatic rings. The third kappa shape index (κ3) is 3.05. The van der Waals surface area contributed by atoms with E-state index in [1.807, 2.05) is 17.9 Å². The van der Waals surface area contributed by atoms with Gasteiger partial charge >= 0.3 is 0 Å². The fraction of sp³-hybridized carbons (Fsp3) is 0.800. The predicted octanol–water partition coefficient (Wildman–Crippen LogP) is 0.804. The fourth-order valence-electron chi connectivity index (χ4n) is 3.51. The van der Waals surface area contributed by atoms with Gasteiger partial charge in [-0.2, -0.15) is 5.10 Å². The number of aromatic nitrogens is 2. The number of hydrogen-bond acceptors (Lipinski definition) is 4. The van der Waals surface area contributed by atoms with Gasteiger partial charge in [0.05, 0.1) is 18.9 Å². The van der Waals surface area contributed by atoms with Gasteiger partial charge in [0.2, 0.25) is 0 Å². The van der Waals surface area contributed by atoms with E-state index < -0.39 is 0 Å². The summed E-state index contributed by atoms with van der Waals surface area (Å²) in [4.78, 5) is 2.61. The highest BCUT2D eigenvalue weighted by Crippen LogP contribution is 2.24. The largest absolute Gasteiger partial charge is 0.374 e. The monoisotopic (exact) mass is 278 g/mol. The van der Waals surface area contributed by atoms with Crippen LogP contribution in [0.2, 0.25) is 0 Å². The van der Waals surface area contributed by atoms with Gasteiger partial charge in [0.1, 0.15) is 0 Å². The average Bonchev–Trinajstić information content (AvgIpc) is 3.06. The lowest BCUT2D eigenvalue weighted by Gasteiger charge is -2.39. The van der Waals surface area contributed by atoms with E-state index in [1.54, 1.807) is 0 Å². The third-order valence-electron chi connectivity index (χ3n) is 4.55. The fourth-order valence-corrected chi connectivity index (χ4v) is 3.51. The van der Waals surface area contributed by atoms with Crippen LogP contribution >= 0.6 is 0 Å². The SMILES string of the molecule is CCNC(Cc1cnn(C)c1)C1CN2CCCC2CO1. The molecule has 0 aromatic carbocycles. The van der Waals surface area contributed by atoms with E-state index in [0.29, 0.717) is 18.2 Å². The first kappa shape index (κ1) is 14.0. The smallest absolute Gasteiger partial charge is 0.0858 e. The zero-order valence-corrected chi connectivity index (χ0v) is 12.6. The lowest BCUT2D eigenvalue weighted by molar-refractivity contribution is -0.0641. The number of hydrogen-bond donors (Lipinski definition) is 1. The van der Waals surface area contributed by atoms with Crippen molar-refractivity contribution < 1.29 is 4.74 Å². The van der Waals surface area contributed by atoms with E-state index >= 15 is 0 Å². The highest BCUT2D eigenvalue weighted by molar-refractivity contribution is 5.07. The van der Waals surface area contributed by atoms with Crippen molar-refractivity contribution in [2.45, 2.75) is 44.4 Å². The molecule has 5 nitrogen and oxygen atoms in total. The first-order chi connectivity index (χ1) is 9.76. The number of ether oxygens (including phenoxy) is 1. The predicted molar refractivity (Wildman–Crippen MR) is 78.7 cm³/mol. The summed E-state index contributed by atoms with van der Waals surface area (Å²) in [5, 5.41) is 7.87. The van der Waals surface area contributed by atoms with E-state index in [2.05, 4.69) is 28.4 Å². The summed E-state index contributed by atoms with van der Waals surface area (Å²) < 4.78 is 8.03. The summed E-state index contributed by atoms with van der Waals surface area (Å²) in [5.41, 5.74) is 1.28. The van der Waals surface area contributed by atoms with Gasteiger partial charge in [-0.05, 0) is 37.9 Å². The maximum Gasteiger partial charge on any atom is 0.0858 e. The molecule has 3 unspecified atom stereocenters. The summed E-state index contributed by atoms with van der Waals surface area (Å²) in [7, 11) is 1.97. The van der Waals surface area contributed by atoms with Crippen LogP contribution < -0.4 is 5.32 Å². The van der Waals surface area contributed by atoms with E-state index in [4.69, 9.17) is 4.74 Å². The minimum absolute atomic E-state index is 0.296. The van der Waals surface area contributed by atoms with Gasteiger partial charge in [0.25, 0.3) is 0 Å². The van der Waals surface area contributed by atoms with Crippen LogP contribution in [0.25, 0.3) is 0 Å². The van der Waals surface area contributed by atoms with Crippen LogP contribution in [0.4, 0.5) is 0 Å². The molecule has 0 bridgehead atoms. The minimum atomic E-state index is 0.296. The molecule has 1 aromatic rings. The Morgan fingerprint density at radius 1 is 1.55 bits per heavy atom. The summed E-state index contributed by atoms with van der Waals surface area (Å²) in [6, 6.07) is 1.05. The van der Waals surface area contributed by atoms with Gasteiger partial charge in [-0.25, -0.2) is 0 Å². The Bertz CT molecular complexity index is 433. The van der Waals surface area contributed by atoms with Crippen LogP contribution in [-0.4, -0.2) is 59.1 Å². The Morgan fingerprint density at radius 3 is 3.20 bits per heavy atom. The van der Waals surface area contributed by atoms with Crippen molar-refractivity contribution in [2.24, 2.45) is 7.05 Å². The lowest BCUT2D eigenvalue weighted by Crippen LogP contribution is -2.54. The molecule has 1 aromatic heterocycles. The number of likely N-dealkylation sites (N-methyl/N-ethyl adjacent to an activating group) is 1. The lowest BCUT2D eigenvalue weighted by atomic mass is 10.0. The summed E-state index contributed by atoms with van der Waals surface area (Å²) in [6.07, 6.45) is 7.99. The van der Waals surface area contributed by atoms with E-state index in [0.717, 1.165) is 26.1 Å². The summed E-state index contributed by atoms with van der Waals surface area (Å²) in [6.45, 7) is 6.37. The van der Waals surface area contributed by atoms with E-state index in [-0.39, 0.29) is 0 Å². The molecule has 2 fully saturated rings. The number of nitrogens with zero attached hydrogens (tertiary/aromatic N) is 3. The second-order valence-corrected chi connectivity index (χ2v) is 6.05. The molecule has 3 atom stereocenters. The standard InChI is InChI=1S/C15H26N4O/c1-3-16-14(7-12-8-17-18(2)9-12)15-10-19-6-4-5-13(19)11-20-15/h8-9,13-16H,3-7,10-11H2,1-2H3. The van der Waals surface area contributed by atoms with Crippen LogP contribution in [0.1, 0.15) is 25.3 Å². The Kier molecular flexibility index (Phi) is 4.38. The molecule has 3 heterocycles. The first-order valence-electron chi connectivity index (χ1n) is 7.83. The van der Waals surface area contributed by atoms with Crippen molar-refractivity contribution >= 4 is 0 Å². The topological polar surface area (TPSA) is 42.3 Å². The normalized spacial score (nSPS) is 28.5. The van der Waals surface area contributed by atoms with Crippen LogP contribution in [0.5, 0.6) is 0 Å². The van der Waals surface area contributed by atoms with Gasteiger partial charge in [-0.1, -0.05) is 6.92 Å². The van der Waals surface area contributed by atoms with Crippen molar-refractivity contribution in [1.82, 2.24) is 20.0 Å². The second-order valence-electron chi connectivity index (χ2n) is 6.05. The van der Waals surface area contributed by atoms with Crippen LogP contribution in [0.3, 0.4) is 0 Å². The Labute approximate surface area is 121 Å². The molecule has 0 spiro atoms. The molecule has 5 heteroatoms. The third-order valence-corrected chi connectivity index (χ3v) is 4.55. The maximum absolute atomic E-state index is 6.15. The number of morpholine rings is 1. The van der Waals surface area contributed by atoms with E-state index in [1.165, 1.54) is 24.9 Å². The number of fused-ring (bicyclic) bond motifs is 1. The Morgan fingerprint density at radius 2 is 2.45 bits per heavy atom. The number of aryl methyl sites for hydroxylation is 1. The highest BCUT2D eigenvalue weighted by Gasteiger charge is 2.35. The van der Waals surface area contributed by atoms with Crippen molar-refractivity contribution in [3.05, 3.63) is 18.0 Å². The van der Waals surface area contributed by atoms with Crippen molar-refractivity contribution in [2.75, 3.05) is 26.2 Å². The average molecular weight is 278 g/mol. The molecule has 2 aliphatic heterocycles. The zero-order valence-electron chi connectivity index (χ0n) is 12.6. The molecule has 20 heavy (non-hydrogen) atoms. The van der Waals surface area contributed by atoms with Gasteiger partial charge in [-0.15, -0.1) is 0 Å². The van der Waals surface area contributed by atoms with E-state index in [9.17, 15) is 0 Å². The van der Waals surface area contributed by atoms with Crippen LogP contribution in [0, 0.1) is 0 Å².